The van der Waals surface area contributed by atoms with E-state index in [2.05, 4.69) is 4.72 Å². The molecular weight excluding hydrogens is 314 g/mol. The lowest BCUT2D eigenvalue weighted by Gasteiger charge is -2.19. The number of hydrogen-bond donors (Lipinski definition) is 1. The second-order valence-corrected chi connectivity index (χ2v) is 7.92. The van der Waals surface area contributed by atoms with Gasteiger partial charge in [-0.1, -0.05) is 0 Å². The van der Waals surface area contributed by atoms with Crippen LogP contribution in [0, 0.1) is 6.92 Å². The third-order valence-corrected chi connectivity index (χ3v) is 5.38. The Balaban J connectivity index is 2.08. The standard InChI is InChI=1S/C16H25N3O3S/c1-13-12-14(23(21,22)17-9-5-10-18(2)3)7-8-15(13)19-11-4-6-16(19)20/h7-8,12,17H,4-6,9-11H2,1-3H3. The third kappa shape index (κ3) is 4.53. The lowest BCUT2D eigenvalue weighted by molar-refractivity contribution is -0.117. The zero-order chi connectivity index (χ0) is 17.0. The Hall–Kier alpha value is -1.44. The van der Waals surface area contributed by atoms with E-state index in [1.54, 1.807) is 23.1 Å². The molecule has 0 radical (unpaired) electrons. The maximum Gasteiger partial charge on any atom is 0.240 e. The molecule has 128 valence electrons. The number of benzene rings is 1. The minimum absolute atomic E-state index is 0.102. The van der Waals surface area contributed by atoms with Gasteiger partial charge in [0.1, 0.15) is 0 Å². The van der Waals surface area contributed by atoms with Crippen LogP contribution in [0.3, 0.4) is 0 Å². The monoisotopic (exact) mass is 339 g/mol. The largest absolute Gasteiger partial charge is 0.312 e. The first kappa shape index (κ1) is 17.9. The van der Waals surface area contributed by atoms with E-state index in [0.717, 1.165) is 30.6 Å². The van der Waals surface area contributed by atoms with Crippen LogP contribution in [0.4, 0.5) is 5.69 Å². The van der Waals surface area contributed by atoms with Crippen molar-refractivity contribution >= 4 is 21.6 Å². The Morgan fingerprint density at radius 3 is 2.61 bits per heavy atom. The second kappa shape index (κ2) is 7.42. The molecule has 6 nitrogen and oxygen atoms in total. The van der Waals surface area contributed by atoms with E-state index in [-0.39, 0.29) is 10.8 Å². The van der Waals surface area contributed by atoms with Crippen molar-refractivity contribution in [1.29, 1.82) is 0 Å². The molecule has 0 aliphatic carbocycles. The third-order valence-electron chi connectivity index (χ3n) is 3.92. The van der Waals surface area contributed by atoms with Gasteiger partial charge in [0.15, 0.2) is 0 Å². The minimum atomic E-state index is -3.51. The molecule has 1 saturated heterocycles. The van der Waals surface area contributed by atoms with Gasteiger partial charge in [-0.2, -0.15) is 0 Å². The molecule has 1 aliphatic rings. The Labute approximate surface area is 138 Å². The highest BCUT2D eigenvalue weighted by Crippen LogP contribution is 2.27. The number of sulfonamides is 1. The van der Waals surface area contributed by atoms with Crippen LogP contribution in [0.15, 0.2) is 23.1 Å². The van der Waals surface area contributed by atoms with Crippen molar-refractivity contribution < 1.29 is 13.2 Å². The molecule has 2 rings (SSSR count). The van der Waals surface area contributed by atoms with Gasteiger partial charge in [-0.15, -0.1) is 0 Å². The van der Waals surface area contributed by atoms with Crippen LogP contribution in [-0.4, -0.2) is 53.0 Å². The van der Waals surface area contributed by atoms with Gasteiger partial charge in [0.25, 0.3) is 0 Å². The first-order valence-electron chi connectivity index (χ1n) is 7.86. The summed E-state index contributed by atoms with van der Waals surface area (Å²) in [5.74, 6) is 0.102. The average molecular weight is 339 g/mol. The highest BCUT2D eigenvalue weighted by molar-refractivity contribution is 7.89. The number of carbonyl (C=O) groups is 1. The van der Waals surface area contributed by atoms with E-state index >= 15 is 0 Å². The number of amides is 1. The number of hydrogen-bond acceptors (Lipinski definition) is 4. The molecule has 1 amide bonds. The van der Waals surface area contributed by atoms with Gasteiger partial charge in [-0.05, 0) is 64.2 Å². The molecule has 23 heavy (non-hydrogen) atoms. The van der Waals surface area contributed by atoms with Crippen LogP contribution in [0.25, 0.3) is 0 Å². The number of nitrogens with zero attached hydrogens (tertiary/aromatic N) is 2. The van der Waals surface area contributed by atoms with Crippen LogP contribution < -0.4 is 9.62 Å². The summed E-state index contributed by atoms with van der Waals surface area (Å²) < 4.78 is 27.3. The lowest BCUT2D eigenvalue weighted by atomic mass is 10.2. The van der Waals surface area contributed by atoms with Crippen molar-refractivity contribution in [3.63, 3.8) is 0 Å². The fourth-order valence-corrected chi connectivity index (χ4v) is 3.84. The number of aryl methyl sites for hydroxylation is 1. The van der Waals surface area contributed by atoms with Gasteiger partial charge in [0.05, 0.1) is 4.90 Å². The van der Waals surface area contributed by atoms with Crippen LogP contribution in [0.2, 0.25) is 0 Å². The molecular formula is C16H25N3O3S. The van der Waals surface area contributed by atoms with E-state index < -0.39 is 10.0 Å². The summed E-state index contributed by atoms with van der Waals surface area (Å²) in [7, 11) is 0.403. The minimum Gasteiger partial charge on any atom is -0.312 e. The predicted octanol–water partition coefficient (Wildman–Crippen LogP) is 1.35. The summed E-state index contributed by atoms with van der Waals surface area (Å²) in [6, 6.07) is 4.93. The molecule has 0 aromatic heterocycles. The molecule has 7 heteroatoms. The van der Waals surface area contributed by atoms with E-state index in [9.17, 15) is 13.2 Å². The summed E-state index contributed by atoms with van der Waals surface area (Å²) in [5, 5.41) is 0. The molecule has 0 unspecified atom stereocenters. The second-order valence-electron chi connectivity index (χ2n) is 6.15. The van der Waals surface area contributed by atoms with Gasteiger partial charge in [0, 0.05) is 25.2 Å². The molecule has 1 aromatic rings. The Morgan fingerprint density at radius 2 is 2.04 bits per heavy atom. The maximum absolute atomic E-state index is 12.3. The number of anilines is 1. The molecule has 0 spiro atoms. The first-order valence-corrected chi connectivity index (χ1v) is 9.35. The first-order chi connectivity index (χ1) is 10.8. The van der Waals surface area contributed by atoms with E-state index in [1.165, 1.54) is 0 Å². The molecule has 0 bridgehead atoms. The Bertz CT molecular complexity index is 671. The van der Waals surface area contributed by atoms with Crippen molar-refractivity contribution in [2.24, 2.45) is 0 Å². The summed E-state index contributed by atoms with van der Waals surface area (Å²) >= 11 is 0. The Morgan fingerprint density at radius 1 is 1.30 bits per heavy atom. The Kier molecular flexibility index (Phi) is 5.78. The number of carbonyl (C=O) groups excluding carboxylic acids is 1. The summed E-state index contributed by atoms with van der Waals surface area (Å²) in [5.41, 5.74) is 1.61. The average Bonchev–Trinajstić information content (AvgIpc) is 2.89. The summed E-state index contributed by atoms with van der Waals surface area (Å²) in [6.45, 7) is 3.78. The topological polar surface area (TPSA) is 69.7 Å². The SMILES string of the molecule is Cc1cc(S(=O)(=O)NCCCN(C)C)ccc1N1CCCC1=O. The molecule has 0 saturated carbocycles. The van der Waals surface area contributed by atoms with E-state index in [4.69, 9.17) is 0 Å². The predicted molar refractivity (Wildman–Crippen MR) is 91.1 cm³/mol. The lowest BCUT2D eigenvalue weighted by Crippen LogP contribution is -2.28. The van der Waals surface area contributed by atoms with E-state index in [0.29, 0.717) is 19.5 Å². The van der Waals surface area contributed by atoms with Crippen molar-refractivity contribution in [3.05, 3.63) is 23.8 Å². The normalized spacial score (nSPS) is 15.7. The van der Waals surface area contributed by atoms with Gasteiger partial charge in [-0.25, -0.2) is 13.1 Å². The highest BCUT2D eigenvalue weighted by atomic mass is 32.2. The van der Waals surface area contributed by atoms with Gasteiger partial charge >= 0.3 is 0 Å². The number of nitrogens with one attached hydrogen (secondary N) is 1. The van der Waals surface area contributed by atoms with Crippen LogP contribution in [-0.2, 0) is 14.8 Å². The maximum atomic E-state index is 12.3. The molecule has 1 N–H and O–H groups in total. The summed E-state index contributed by atoms with van der Waals surface area (Å²) in [4.78, 5) is 15.8. The van der Waals surface area contributed by atoms with Crippen LogP contribution >= 0.6 is 0 Å². The van der Waals surface area contributed by atoms with Crippen LogP contribution in [0.1, 0.15) is 24.8 Å². The molecule has 1 aromatic carbocycles. The fraction of sp³-hybridized carbons (Fsp3) is 0.562. The van der Waals surface area contributed by atoms with Crippen molar-refractivity contribution in [2.75, 3.05) is 38.6 Å². The quantitative estimate of drug-likeness (QED) is 0.762. The summed E-state index contributed by atoms with van der Waals surface area (Å²) in [6.07, 6.45) is 2.17. The molecule has 1 heterocycles. The van der Waals surface area contributed by atoms with Crippen molar-refractivity contribution in [1.82, 2.24) is 9.62 Å². The smallest absolute Gasteiger partial charge is 0.240 e. The zero-order valence-electron chi connectivity index (χ0n) is 14.0. The highest BCUT2D eigenvalue weighted by Gasteiger charge is 2.24. The van der Waals surface area contributed by atoms with Gasteiger partial charge in [-0.3, -0.25) is 4.79 Å². The molecule has 1 fully saturated rings. The zero-order valence-corrected chi connectivity index (χ0v) is 14.8. The fourth-order valence-electron chi connectivity index (χ4n) is 2.69. The van der Waals surface area contributed by atoms with Gasteiger partial charge < -0.3 is 9.80 Å². The molecule has 1 aliphatic heterocycles. The van der Waals surface area contributed by atoms with Crippen LogP contribution in [0.5, 0.6) is 0 Å². The van der Waals surface area contributed by atoms with Crippen molar-refractivity contribution in [3.8, 4) is 0 Å². The van der Waals surface area contributed by atoms with Crippen molar-refractivity contribution in [2.45, 2.75) is 31.1 Å². The number of rotatable bonds is 7. The van der Waals surface area contributed by atoms with Gasteiger partial charge in [0.2, 0.25) is 15.9 Å². The van der Waals surface area contributed by atoms with E-state index in [1.807, 2.05) is 25.9 Å². The molecule has 0 atom stereocenters.